The summed E-state index contributed by atoms with van der Waals surface area (Å²) in [6.45, 7) is 4.39. The van der Waals surface area contributed by atoms with Crippen LogP contribution in [-0.4, -0.2) is 59.4 Å². The molecule has 7 nitrogen and oxygen atoms in total. The summed E-state index contributed by atoms with van der Waals surface area (Å²) in [6, 6.07) is 13.9. The number of ether oxygens (including phenoxy) is 2. The lowest BCUT2D eigenvalue weighted by Gasteiger charge is -2.26. The average Bonchev–Trinajstić information content (AvgIpc) is 2.76. The van der Waals surface area contributed by atoms with Gasteiger partial charge in [-0.15, -0.1) is 0 Å². The Kier molecular flexibility index (Phi) is 6.32. The SMILES string of the molecule is O=c1nc(-c2ccc(O)c(OCCN3CCOCC3)c2)cc(-c2ccc(Cl)cc2)[nH]1. The summed E-state index contributed by atoms with van der Waals surface area (Å²) in [4.78, 5) is 21.2. The predicted molar refractivity (Wildman–Crippen MR) is 115 cm³/mol. The highest BCUT2D eigenvalue weighted by Crippen LogP contribution is 2.31. The van der Waals surface area contributed by atoms with E-state index in [2.05, 4.69) is 14.9 Å². The maximum absolute atomic E-state index is 12.1. The van der Waals surface area contributed by atoms with Crippen molar-refractivity contribution in [2.45, 2.75) is 0 Å². The van der Waals surface area contributed by atoms with E-state index < -0.39 is 5.69 Å². The number of nitrogens with one attached hydrogen (secondary N) is 1. The molecular weight excluding hydrogens is 406 g/mol. The van der Waals surface area contributed by atoms with Crippen LogP contribution in [0.1, 0.15) is 0 Å². The van der Waals surface area contributed by atoms with Crippen LogP contribution >= 0.6 is 11.6 Å². The molecule has 1 saturated heterocycles. The first-order valence-corrected chi connectivity index (χ1v) is 10.1. The van der Waals surface area contributed by atoms with Gasteiger partial charge >= 0.3 is 5.69 Å². The molecule has 2 N–H and O–H groups in total. The van der Waals surface area contributed by atoms with Gasteiger partial charge in [-0.1, -0.05) is 23.7 Å². The number of hydrogen-bond donors (Lipinski definition) is 2. The summed E-state index contributed by atoms with van der Waals surface area (Å²) in [7, 11) is 0. The average molecular weight is 428 g/mol. The summed E-state index contributed by atoms with van der Waals surface area (Å²) >= 11 is 5.95. The number of phenols is 1. The molecule has 1 aliphatic rings. The van der Waals surface area contributed by atoms with Crippen molar-refractivity contribution in [2.24, 2.45) is 0 Å². The van der Waals surface area contributed by atoms with Crippen molar-refractivity contribution in [3.8, 4) is 34.0 Å². The van der Waals surface area contributed by atoms with Gasteiger partial charge in [-0.2, -0.15) is 4.98 Å². The van der Waals surface area contributed by atoms with Crippen LogP contribution in [0, 0.1) is 0 Å². The van der Waals surface area contributed by atoms with E-state index in [-0.39, 0.29) is 5.75 Å². The van der Waals surface area contributed by atoms with Crippen LogP contribution in [0.4, 0.5) is 0 Å². The zero-order valence-electron chi connectivity index (χ0n) is 16.3. The number of rotatable bonds is 6. The summed E-state index contributed by atoms with van der Waals surface area (Å²) in [5.41, 5.74) is 2.16. The molecule has 2 heterocycles. The number of benzene rings is 2. The Bertz CT molecular complexity index is 1060. The smallest absolute Gasteiger partial charge is 0.345 e. The maximum atomic E-state index is 12.1. The van der Waals surface area contributed by atoms with E-state index in [1.807, 2.05) is 12.1 Å². The van der Waals surface area contributed by atoms with E-state index in [9.17, 15) is 9.90 Å². The normalized spacial score (nSPS) is 14.6. The van der Waals surface area contributed by atoms with Gasteiger partial charge in [0.1, 0.15) is 6.61 Å². The summed E-state index contributed by atoms with van der Waals surface area (Å²) in [5.74, 6) is 0.402. The zero-order valence-corrected chi connectivity index (χ0v) is 17.1. The molecule has 0 saturated carbocycles. The lowest BCUT2D eigenvalue weighted by molar-refractivity contribution is 0.0321. The van der Waals surface area contributed by atoms with Crippen molar-refractivity contribution in [1.29, 1.82) is 0 Å². The van der Waals surface area contributed by atoms with E-state index in [4.69, 9.17) is 21.1 Å². The van der Waals surface area contributed by atoms with Crippen LogP contribution in [0.3, 0.4) is 0 Å². The van der Waals surface area contributed by atoms with Crippen molar-refractivity contribution >= 4 is 11.6 Å². The van der Waals surface area contributed by atoms with Crippen molar-refractivity contribution < 1.29 is 14.6 Å². The van der Waals surface area contributed by atoms with E-state index in [0.29, 0.717) is 34.3 Å². The molecule has 4 rings (SSSR count). The zero-order chi connectivity index (χ0) is 20.9. The molecule has 8 heteroatoms. The van der Waals surface area contributed by atoms with Gasteiger partial charge in [0.2, 0.25) is 0 Å². The molecule has 0 amide bonds. The fourth-order valence-corrected chi connectivity index (χ4v) is 3.41. The van der Waals surface area contributed by atoms with Crippen LogP contribution in [0.5, 0.6) is 11.5 Å². The van der Waals surface area contributed by atoms with Crippen molar-refractivity contribution in [1.82, 2.24) is 14.9 Å². The monoisotopic (exact) mass is 427 g/mol. The highest BCUT2D eigenvalue weighted by Gasteiger charge is 2.12. The van der Waals surface area contributed by atoms with Crippen LogP contribution in [0.25, 0.3) is 22.5 Å². The first-order valence-electron chi connectivity index (χ1n) is 9.72. The van der Waals surface area contributed by atoms with Gasteiger partial charge in [0.15, 0.2) is 11.5 Å². The number of aromatic amines is 1. The molecule has 30 heavy (non-hydrogen) atoms. The third-order valence-corrected chi connectivity index (χ3v) is 5.18. The second-order valence-electron chi connectivity index (χ2n) is 6.98. The molecule has 3 aromatic rings. The fourth-order valence-electron chi connectivity index (χ4n) is 3.29. The first-order chi connectivity index (χ1) is 14.6. The third-order valence-electron chi connectivity index (χ3n) is 4.92. The Morgan fingerprint density at radius 2 is 1.83 bits per heavy atom. The Hall–Kier alpha value is -2.87. The van der Waals surface area contributed by atoms with Gasteiger partial charge in [-0.25, -0.2) is 4.79 Å². The quantitative estimate of drug-likeness (QED) is 0.628. The minimum absolute atomic E-state index is 0.0449. The van der Waals surface area contributed by atoms with Gasteiger partial charge < -0.3 is 19.6 Å². The molecule has 0 aliphatic carbocycles. The molecule has 0 unspecified atom stereocenters. The Morgan fingerprint density at radius 3 is 2.60 bits per heavy atom. The van der Waals surface area contributed by atoms with Gasteiger partial charge in [0.25, 0.3) is 0 Å². The van der Waals surface area contributed by atoms with E-state index in [0.717, 1.165) is 38.4 Å². The lowest BCUT2D eigenvalue weighted by atomic mass is 10.1. The Labute approximate surface area is 178 Å². The van der Waals surface area contributed by atoms with Gasteiger partial charge in [-0.05, 0) is 42.0 Å². The number of hydrogen-bond acceptors (Lipinski definition) is 6. The van der Waals surface area contributed by atoms with Crippen molar-refractivity contribution in [2.75, 3.05) is 39.5 Å². The summed E-state index contributed by atoms with van der Waals surface area (Å²) in [5, 5.41) is 10.8. The topological polar surface area (TPSA) is 87.7 Å². The number of morpholine rings is 1. The molecule has 2 aromatic carbocycles. The van der Waals surface area contributed by atoms with Crippen molar-refractivity contribution in [3.63, 3.8) is 0 Å². The molecule has 0 radical (unpaired) electrons. The molecule has 0 spiro atoms. The van der Waals surface area contributed by atoms with Crippen molar-refractivity contribution in [3.05, 3.63) is 64.0 Å². The van der Waals surface area contributed by atoms with E-state index in [1.165, 1.54) is 0 Å². The maximum Gasteiger partial charge on any atom is 0.345 e. The number of aromatic hydroxyl groups is 1. The summed E-state index contributed by atoms with van der Waals surface area (Å²) in [6.07, 6.45) is 0. The molecule has 1 fully saturated rings. The number of nitrogens with zero attached hydrogens (tertiary/aromatic N) is 2. The van der Waals surface area contributed by atoms with Crippen LogP contribution in [0.2, 0.25) is 5.02 Å². The highest BCUT2D eigenvalue weighted by molar-refractivity contribution is 6.30. The van der Waals surface area contributed by atoms with Crippen LogP contribution in [0.15, 0.2) is 53.3 Å². The van der Waals surface area contributed by atoms with Crippen LogP contribution < -0.4 is 10.4 Å². The third kappa shape index (κ3) is 4.99. The second-order valence-corrected chi connectivity index (χ2v) is 7.41. The lowest BCUT2D eigenvalue weighted by Crippen LogP contribution is -2.38. The Balaban J connectivity index is 1.54. The number of H-pyrrole nitrogens is 1. The molecule has 156 valence electrons. The summed E-state index contributed by atoms with van der Waals surface area (Å²) < 4.78 is 11.1. The van der Waals surface area contributed by atoms with Gasteiger partial charge in [-0.3, -0.25) is 4.90 Å². The standard InChI is InChI=1S/C22H22ClN3O4/c23-17-4-1-15(2-5-17)18-14-19(25-22(28)24-18)16-3-6-20(27)21(13-16)30-12-9-26-7-10-29-11-8-26/h1-6,13-14,27H,7-12H2,(H,24,25,28). The molecular formula is C22H22ClN3O4. The van der Waals surface area contributed by atoms with E-state index >= 15 is 0 Å². The number of aromatic nitrogens is 2. The minimum Gasteiger partial charge on any atom is -0.504 e. The van der Waals surface area contributed by atoms with E-state index in [1.54, 1.807) is 36.4 Å². The molecule has 0 atom stereocenters. The second kappa shape index (κ2) is 9.30. The molecule has 1 aromatic heterocycles. The number of phenolic OH excluding ortho intramolecular Hbond substituents is 1. The van der Waals surface area contributed by atoms with Gasteiger partial charge in [0, 0.05) is 30.2 Å². The molecule has 1 aliphatic heterocycles. The predicted octanol–water partition coefficient (Wildman–Crippen LogP) is 3.17. The highest BCUT2D eigenvalue weighted by atomic mass is 35.5. The largest absolute Gasteiger partial charge is 0.504 e. The number of halogens is 1. The first kappa shape index (κ1) is 20.4. The van der Waals surface area contributed by atoms with Gasteiger partial charge in [0.05, 0.1) is 24.6 Å². The van der Waals surface area contributed by atoms with Crippen LogP contribution in [-0.2, 0) is 4.74 Å². The molecule has 0 bridgehead atoms. The minimum atomic E-state index is -0.458. The Morgan fingerprint density at radius 1 is 1.10 bits per heavy atom. The fraction of sp³-hybridized carbons (Fsp3) is 0.273.